The molecule has 0 fully saturated rings. The van der Waals surface area contributed by atoms with Crippen molar-refractivity contribution in [2.24, 2.45) is 17.1 Å². The smallest absolute Gasteiger partial charge is 0.225 e. The van der Waals surface area contributed by atoms with Crippen LogP contribution in [0.2, 0.25) is 0 Å². The first-order valence-corrected chi connectivity index (χ1v) is 7.60. The lowest BCUT2D eigenvalue weighted by Gasteiger charge is -2.21. The fourth-order valence-electron chi connectivity index (χ4n) is 1.91. The lowest BCUT2D eigenvalue weighted by molar-refractivity contribution is -0.129. The van der Waals surface area contributed by atoms with Gasteiger partial charge in [0.2, 0.25) is 11.8 Å². The van der Waals surface area contributed by atoms with Gasteiger partial charge < -0.3 is 16.4 Å². The second-order valence-corrected chi connectivity index (χ2v) is 6.52. The summed E-state index contributed by atoms with van der Waals surface area (Å²) in [6.45, 7) is 8.16. The van der Waals surface area contributed by atoms with E-state index < -0.39 is 5.41 Å². The lowest BCUT2D eigenvalue weighted by Crippen LogP contribution is -2.42. The molecule has 2 amide bonds. The van der Waals surface area contributed by atoms with E-state index in [-0.39, 0.29) is 36.2 Å². The first kappa shape index (κ1) is 21.4. The van der Waals surface area contributed by atoms with Crippen LogP contribution in [0.5, 0.6) is 0 Å². The summed E-state index contributed by atoms with van der Waals surface area (Å²) in [4.78, 5) is 23.8. The highest BCUT2D eigenvalue weighted by atomic mass is 35.5. The Labute approximate surface area is 144 Å². The van der Waals surface area contributed by atoms with Gasteiger partial charge in [-0.25, -0.2) is 0 Å². The van der Waals surface area contributed by atoms with Gasteiger partial charge in [-0.15, -0.1) is 12.4 Å². The van der Waals surface area contributed by atoms with Crippen molar-refractivity contribution in [1.82, 2.24) is 10.6 Å². The fourth-order valence-corrected chi connectivity index (χ4v) is 1.91. The minimum atomic E-state index is -0.424. The van der Waals surface area contributed by atoms with Crippen LogP contribution in [0.3, 0.4) is 0 Å². The highest BCUT2D eigenvalue weighted by Crippen LogP contribution is 2.18. The topological polar surface area (TPSA) is 84.2 Å². The molecule has 0 aliphatic heterocycles. The van der Waals surface area contributed by atoms with Gasteiger partial charge in [0.15, 0.2) is 0 Å². The number of amides is 2. The maximum atomic E-state index is 12.1. The minimum Gasteiger partial charge on any atom is -0.354 e. The molecule has 1 aromatic rings. The number of rotatable bonds is 6. The number of carbonyl (C=O) groups is 2. The molecule has 0 aliphatic rings. The number of nitrogens with one attached hydrogen (secondary N) is 2. The van der Waals surface area contributed by atoms with Gasteiger partial charge in [-0.1, -0.05) is 58.0 Å². The zero-order valence-corrected chi connectivity index (χ0v) is 15.1. The van der Waals surface area contributed by atoms with Crippen LogP contribution in [0.4, 0.5) is 0 Å². The van der Waals surface area contributed by atoms with E-state index in [4.69, 9.17) is 5.73 Å². The van der Waals surface area contributed by atoms with Gasteiger partial charge in [-0.05, 0) is 5.56 Å². The van der Waals surface area contributed by atoms with Crippen LogP contribution in [0, 0.1) is 11.3 Å². The Kier molecular flexibility index (Phi) is 8.87. The third-order valence-electron chi connectivity index (χ3n) is 3.53. The monoisotopic (exact) mass is 341 g/mol. The van der Waals surface area contributed by atoms with E-state index in [0.29, 0.717) is 13.1 Å². The van der Waals surface area contributed by atoms with Crippen molar-refractivity contribution in [3.63, 3.8) is 0 Å². The molecule has 4 N–H and O–H groups in total. The lowest BCUT2D eigenvalue weighted by atomic mass is 9.94. The Balaban J connectivity index is 0.00000484. The molecule has 0 saturated carbocycles. The standard InChI is InChI=1S/C17H27N3O2.ClH/c1-12(14(18)13-8-6-5-7-9-13)15(21)19-10-11-20-16(22)17(2,3)4;/h5-9,12,14H,10-11,18H2,1-4H3,(H,19,21)(H,20,22);1H. The third-order valence-corrected chi connectivity index (χ3v) is 3.53. The Morgan fingerprint density at radius 3 is 2.13 bits per heavy atom. The predicted molar refractivity (Wildman–Crippen MR) is 95.3 cm³/mol. The quantitative estimate of drug-likeness (QED) is 0.692. The molecule has 0 aromatic heterocycles. The van der Waals surface area contributed by atoms with E-state index >= 15 is 0 Å². The summed E-state index contributed by atoms with van der Waals surface area (Å²) >= 11 is 0. The zero-order chi connectivity index (χ0) is 16.8. The van der Waals surface area contributed by atoms with Gasteiger partial charge in [0.25, 0.3) is 0 Å². The van der Waals surface area contributed by atoms with Crippen molar-refractivity contribution in [2.75, 3.05) is 13.1 Å². The highest BCUT2D eigenvalue weighted by molar-refractivity contribution is 5.85. The minimum absolute atomic E-state index is 0. The molecule has 2 unspecified atom stereocenters. The second kappa shape index (κ2) is 9.53. The van der Waals surface area contributed by atoms with Gasteiger partial charge in [-0.2, -0.15) is 0 Å². The number of halogens is 1. The molecule has 0 aliphatic carbocycles. The van der Waals surface area contributed by atoms with Crippen LogP contribution < -0.4 is 16.4 Å². The maximum absolute atomic E-state index is 12.1. The van der Waals surface area contributed by atoms with Crippen molar-refractivity contribution in [3.8, 4) is 0 Å². The Hall–Kier alpha value is -1.59. The van der Waals surface area contributed by atoms with Crippen molar-refractivity contribution < 1.29 is 9.59 Å². The zero-order valence-electron chi connectivity index (χ0n) is 14.3. The van der Waals surface area contributed by atoms with E-state index in [9.17, 15) is 9.59 Å². The van der Waals surface area contributed by atoms with Crippen LogP contribution >= 0.6 is 12.4 Å². The molecule has 0 saturated heterocycles. The van der Waals surface area contributed by atoms with E-state index in [1.54, 1.807) is 6.92 Å². The summed E-state index contributed by atoms with van der Waals surface area (Å²) in [7, 11) is 0. The molecule has 6 heteroatoms. The molecule has 1 rings (SSSR count). The Morgan fingerprint density at radius 1 is 1.09 bits per heavy atom. The van der Waals surface area contributed by atoms with Crippen molar-refractivity contribution in [1.29, 1.82) is 0 Å². The number of hydrogen-bond acceptors (Lipinski definition) is 3. The summed E-state index contributed by atoms with van der Waals surface area (Å²) < 4.78 is 0. The van der Waals surface area contributed by atoms with Crippen molar-refractivity contribution >= 4 is 24.2 Å². The third kappa shape index (κ3) is 7.01. The number of carbonyl (C=O) groups excluding carboxylic acids is 2. The molecule has 5 nitrogen and oxygen atoms in total. The number of benzene rings is 1. The van der Waals surface area contributed by atoms with Crippen LogP contribution in [0.15, 0.2) is 30.3 Å². The van der Waals surface area contributed by atoms with Crippen molar-refractivity contribution in [3.05, 3.63) is 35.9 Å². The fraction of sp³-hybridized carbons (Fsp3) is 0.529. The van der Waals surface area contributed by atoms with Crippen molar-refractivity contribution in [2.45, 2.75) is 33.7 Å². The van der Waals surface area contributed by atoms with Crippen LogP contribution in [-0.4, -0.2) is 24.9 Å². The largest absolute Gasteiger partial charge is 0.354 e. The summed E-state index contributed by atoms with van der Waals surface area (Å²) in [6, 6.07) is 9.21. The van der Waals surface area contributed by atoms with Gasteiger partial charge in [0.1, 0.15) is 0 Å². The SMILES string of the molecule is CC(C(=O)NCCNC(=O)C(C)(C)C)C(N)c1ccccc1.Cl. The normalized spacial score (nSPS) is 13.4. The van der Waals surface area contributed by atoms with Gasteiger partial charge in [-0.3, -0.25) is 9.59 Å². The van der Waals surface area contributed by atoms with E-state index in [1.165, 1.54) is 0 Å². The first-order chi connectivity index (χ1) is 10.2. The van der Waals surface area contributed by atoms with Gasteiger partial charge in [0.05, 0.1) is 5.92 Å². The molecule has 130 valence electrons. The summed E-state index contributed by atoms with van der Waals surface area (Å²) in [5.41, 5.74) is 6.63. The van der Waals surface area contributed by atoms with Crippen LogP contribution in [0.25, 0.3) is 0 Å². The molecule has 0 bridgehead atoms. The maximum Gasteiger partial charge on any atom is 0.225 e. The van der Waals surface area contributed by atoms with E-state index in [2.05, 4.69) is 10.6 Å². The van der Waals surface area contributed by atoms with E-state index in [0.717, 1.165) is 5.56 Å². The number of hydrogen-bond donors (Lipinski definition) is 3. The van der Waals surface area contributed by atoms with E-state index in [1.807, 2.05) is 51.1 Å². The van der Waals surface area contributed by atoms with Gasteiger partial charge >= 0.3 is 0 Å². The average Bonchev–Trinajstić information content (AvgIpc) is 2.49. The predicted octanol–water partition coefficient (Wildman–Crippen LogP) is 2.02. The highest BCUT2D eigenvalue weighted by Gasteiger charge is 2.22. The molecular weight excluding hydrogens is 314 g/mol. The Bertz CT molecular complexity index is 500. The summed E-state index contributed by atoms with van der Waals surface area (Å²) in [5.74, 6) is -0.474. The summed E-state index contributed by atoms with van der Waals surface area (Å²) in [5, 5.41) is 5.60. The van der Waals surface area contributed by atoms with Gasteiger partial charge in [0, 0.05) is 24.5 Å². The van der Waals surface area contributed by atoms with Crippen LogP contribution in [0.1, 0.15) is 39.3 Å². The molecule has 2 atom stereocenters. The second-order valence-electron chi connectivity index (χ2n) is 6.52. The molecule has 0 radical (unpaired) electrons. The number of nitrogens with two attached hydrogens (primary N) is 1. The molecular formula is C17H28ClN3O2. The first-order valence-electron chi connectivity index (χ1n) is 7.60. The molecule has 1 aromatic carbocycles. The molecule has 0 heterocycles. The average molecular weight is 342 g/mol. The molecule has 23 heavy (non-hydrogen) atoms. The summed E-state index contributed by atoms with van der Waals surface area (Å²) in [6.07, 6.45) is 0. The Morgan fingerprint density at radius 2 is 1.61 bits per heavy atom. The molecule has 0 spiro atoms. The van der Waals surface area contributed by atoms with Crippen LogP contribution in [-0.2, 0) is 9.59 Å².